The summed E-state index contributed by atoms with van der Waals surface area (Å²) >= 11 is 1.41. The van der Waals surface area contributed by atoms with E-state index >= 15 is 0 Å². The molecule has 0 fully saturated rings. The van der Waals surface area contributed by atoms with Gasteiger partial charge < -0.3 is 15.8 Å². The van der Waals surface area contributed by atoms with Gasteiger partial charge in [0, 0.05) is 18.9 Å². The number of hydrogen-bond donors (Lipinski definition) is 3. The maximum absolute atomic E-state index is 13.6. The van der Waals surface area contributed by atoms with Crippen molar-refractivity contribution in [3.63, 3.8) is 0 Å². The highest BCUT2D eigenvalue weighted by atomic mass is 32.1. The van der Waals surface area contributed by atoms with Crippen molar-refractivity contribution in [2.45, 2.75) is 32.5 Å². The summed E-state index contributed by atoms with van der Waals surface area (Å²) in [6, 6.07) is 12.2. The fourth-order valence-corrected chi connectivity index (χ4v) is 4.32. The van der Waals surface area contributed by atoms with Crippen LogP contribution in [0.1, 0.15) is 29.8 Å². The Bertz CT molecular complexity index is 1240. The van der Waals surface area contributed by atoms with Crippen LogP contribution >= 0.6 is 11.3 Å². The number of benzene rings is 1. The molecule has 180 valence electrons. The molecular formula is C23H27N5O5S. The summed E-state index contributed by atoms with van der Waals surface area (Å²) in [5.41, 5.74) is 5.42. The van der Waals surface area contributed by atoms with Crippen molar-refractivity contribution in [3.8, 4) is 0 Å². The Labute approximate surface area is 200 Å². The van der Waals surface area contributed by atoms with Crippen molar-refractivity contribution in [3.05, 3.63) is 79.1 Å². The summed E-state index contributed by atoms with van der Waals surface area (Å²) in [5.74, 6) is -0.862. The molecule has 2 heterocycles. The molecule has 0 radical (unpaired) electrons. The van der Waals surface area contributed by atoms with Gasteiger partial charge in [-0.2, -0.15) is 0 Å². The summed E-state index contributed by atoms with van der Waals surface area (Å²) < 4.78 is 6.20. The predicted octanol–water partition coefficient (Wildman–Crippen LogP) is 1.63. The van der Waals surface area contributed by atoms with Crippen LogP contribution in [0.15, 0.2) is 57.4 Å². The van der Waals surface area contributed by atoms with Crippen LogP contribution in [-0.4, -0.2) is 35.1 Å². The molecule has 1 atom stereocenters. The Hall–Kier alpha value is -3.70. The van der Waals surface area contributed by atoms with Crippen LogP contribution in [0, 0.1) is 0 Å². The normalized spacial score (nSPS) is 11.7. The zero-order chi connectivity index (χ0) is 24.7. The van der Waals surface area contributed by atoms with Gasteiger partial charge in [0.1, 0.15) is 5.82 Å². The maximum Gasteiger partial charge on any atom is 0.330 e. The third kappa shape index (κ3) is 6.00. The smallest absolute Gasteiger partial charge is 0.330 e. The third-order valence-electron chi connectivity index (χ3n) is 5.13. The standard InChI is InChI=1S/C23H27N5O5S/c1-15(29)25-17(18-9-6-12-34-18)13-19(30)28(14-16-7-4-3-5-8-16)20-21(24)27(10-11-33-2)23(32)26-22(20)31/h3-9,12,17H,10-11,13-14,24H2,1-2H3,(H,25,29)(H,26,31,32). The number of amides is 2. The van der Waals surface area contributed by atoms with Crippen LogP contribution in [0.2, 0.25) is 0 Å². The van der Waals surface area contributed by atoms with Crippen LogP contribution in [0.5, 0.6) is 0 Å². The van der Waals surface area contributed by atoms with Crippen molar-refractivity contribution in [2.75, 3.05) is 24.4 Å². The summed E-state index contributed by atoms with van der Waals surface area (Å²) in [5, 5.41) is 4.65. The van der Waals surface area contributed by atoms with E-state index in [1.54, 1.807) is 0 Å². The average Bonchev–Trinajstić information content (AvgIpc) is 3.33. The van der Waals surface area contributed by atoms with Crippen molar-refractivity contribution in [1.29, 1.82) is 0 Å². The van der Waals surface area contributed by atoms with Crippen molar-refractivity contribution >= 4 is 34.7 Å². The molecule has 0 spiro atoms. The molecule has 11 heteroatoms. The summed E-state index contributed by atoms with van der Waals surface area (Å²) in [7, 11) is 1.48. The summed E-state index contributed by atoms with van der Waals surface area (Å²) in [6.07, 6.45) is -0.108. The Morgan fingerprint density at radius 1 is 1.21 bits per heavy atom. The lowest BCUT2D eigenvalue weighted by Gasteiger charge is -2.26. The Morgan fingerprint density at radius 3 is 2.56 bits per heavy atom. The number of hydrogen-bond acceptors (Lipinski definition) is 7. The highest BCUT2D eigenvalue weighted by Gasteiger charge is 2.28. The highest BCUT2D eigenvalue weighted by Crippen LogP contribution is 2.26. The largest absolute Gasteiger partial charge is 0.383 e. The number of nitrogen functional groups attached to an aromatic ring is 1. The monoisotopic (exact) mass is 485 g/mol. The van der Waals surface area contributed by atoms with E-state index in [-0.39, 0.29) is 43.5 Å². The van der Waals surface area contributed by atoms with Crippen LogP contribution in [-0.2, 0) is 27.4 Å². The van der Waals surface area contributed by atoms with Gasteiger partial charge in [-0.25, -0.2) is 4.79 Å². The van der Waals surface area contributed by atoms with E-state index in [9.17, 15) is 19.2 Å². The number of aromatic amines is 1. The molecule has 0 bridgehead atoms. The minimum absolute atomic E-state index is 0.0483. The molecule has 1 aromatic carbocycles. The fourth-order valence-electron chi connectivity index (χ4n) is 3.54. The molecule has 0 aliphatic heterocycles. The van der Waals surface area contributed by atoms with Gasteiger partial charge in [-0.1, -0.05) is 36.4 Å². The van der Waals surface area contributed by atoms with E-state index < -0.39 is 23.2 Å². The number of nitrogens with one attached hydrogen (secondary N) is 2. The number of anilines is 2. The number of nitrogens with zero attached hydrogens (tertiary/aromatic N) is 2. The van der Waals surface area contributed by atoms with Gasteiger partial charge in [0.25, 0.3) is 5.56 Å². The molecule has 0 aliphatic carbocycles. The lowest BCUT2D eigenvalue weighted by molar-refractivity contribution is -0.121. The number of ether oxygens (including phenoxy) is 1. The van der Waals surface area contributed by atoms with Crippen LogP contribution < -0.4 is 27.2 Å². The number of carbonyl (C=O) groups is 2. The zero-order valence-electron chi connectivity index (χ0n) is 18.9. The number of aromatic nitrogens is 2. The number of thiophene rings is 1. The molecule has 2 aromatic heterocycles. The van der Waals surface area contributed by atoms with Gasteiger partial charge in [-0.3, -0.25) is 28.8 Å². The fraction of sp³-hybridized carbons (Fsp3) is 0.304. The Balaban J connectivity index is 2.05. The first-order valence-electron chi connectivity index (χ1n) is 10.6. The van der Waals surface area contributed by atoms with Crippen molar-refractivity contribution in [1.82, 2.24) is 14.9 Å². The molecule has 3 aromatic rings. The van der Waals surface area contributed by atoms with E-state index in [0.717, 1.165) is 15.0 Å². The molecule has 2 amide bonds. The van der Waals surface area contributed by atoms with E-state index in [1.165, 1.54) is 30.3 Å². The molecule has 3 rings (SSSR count). The Kier molecular flexibility index (Phi) is 8.39. The third-order valence-corrected chi connectivity index (χ3v) is 6.12. The summed E-state index contributed by atoms with van der Waals surface area (Å²) in [6.45, 7) is 1.71. The second kappa shape index (κ2) is 11.4. The maximum atomic E-state index is 13.6. The lowest BCUT2D eigenvalue weighted by Crippen LogP contribution is -2.42. The van der Waals surface area contributed by atoms with Crippen LogP contribution in [0.3, 0.4) is 0 Å². The van der Waals surface area contributed by atoms with Gasteiger partial charge in [0.2, 0.25) is 11.8 Å². The van der Waals surface area contributed by atoms with Gasteiger partial charge in [0.05, 0.1) is 32.2 Å². The molecular weight excluding hydrogens is 458 g/mol. The number of nitrogens with two attached hydrogens (primary N) is 1. The van der Waals surface area contributed by atoms with Crippen molar-refractivity contribution in [2.24, 2.45) is 0 Å². The highest BCUT2D eigenvalue weighted by molar-refractivity contribution is 7.10. The van der Waals surface area contributed by atoms with Gasteiger partial charge in [-0.05, 0) is 17.0 Å². The van der Waals surface area contributed by atoms with Gasteiger partial charge in [-0.15, -0.1) is 11.3 Å². The van der Waals surface area contributed by atoms with Crippen LogP contribution in [0.25, 0.3) is 0 Å². The number of carbonyl (C=O) groups excluding carboxylic acids is 2. The number of methoxy groups -OCH3 is 1. The van der Waals surface area contributed by atoms with E-state index in [4.69, 9.17) is 10.5 Å². The van der Waals surface area contributed by atoms with E-state index in [2.05, 4.69) is 10.3 Å². The zero-order valence-corrected chi connectivity index (χ0v) is 19.8. The topological polar surface area (TPSA) is 140 Å². The number of rotatable bonds is 10. The van der Waals surface area contributed by atoms with E-state index in [1.807, 2.05) is 47.8 Å². The van der Waals surface area contributed by atoms with Gasteiger partial charge >= 0.3 is 5.69 Å². The predicted molar refractivity (Wildman–Crippen MR) is 131 cm³/mol. The second-order valence-corrected chi connectivity index (χ2v) is 8.55. The first-order valence-corrected chi connectivity index (χ1v) is 11.5. The van der Waals surface area contributed by atoms with Gasteiger partial charge in [0.15, 0.2) is 5.69 Å². The van der Waals surface area contributed by atoms with E-state index in [0.29, 0.717) is 0 Å². The molecule has 0 saturated heterocycles. The SMILES string of the molecule is COCCn1c(N)c(N(Cc2ccccc2)C(=O)CC(NC(C)=O)c2cccs2)c(=O)[nH]c1=O. The lowest BCUT2D eigenvalue weighted by atomic mass is 10.1. The van der Waals surface area contributed by atoms with Crippen molar-refractivity contribution < 1.29 is 14.3 Å². The first-order chi connectivity index (χ1) is 16.3. The quantitative estimate of drug-likeness (QED) is 0.399. The molecule has 0 saturated carbocycles. The minimum atomic E-state index is -0.771. The molecule has 4 N–H and O–H groups in total. The molecule has 10 nitrogen and oxygen atoms in total. The average molecular weight is 486 g/mol. The molecule has 0 aliphatic rings. The Morgan fingerprint density at radius 2 is 1.94 bits per heavy atom. The second-order valence-electron chi connectivity index (χ2n) is 7.58. The molecule has 34 heavy (non-hydrogen) atoms. The van der Waals surface area contributed by atoms with Crippen LogP contribution in [0.4, 0.5) is 11.5 Å². The number of H-pyrrole nitrogens is 1. The summed E-state index contributed by atoms with van der Waals surface area (Å²) in [4.78, 5) is 54.9. The first kappa shape index (κ1) is 24.9. The molecule has 1 unspecified atom stereocenters. The minimum Gasteiger partial charge on any atom is -0.383 e.